The van der Waals surface area contributed by atoms with E-state index in [-0.39, 0.29) is 28.6 Å². The molecule has 0 radical (unpaired) electrons. The van der Waals surface area contributed by atoms with Gasteiger partial charge in [-0.15, -0.1) is 0 Å². The second kappa shape index (κ2) is 5.53. The Morgan fingerprint density at radius 3 is 2.11 bits per heavy atom. The molecule has 1 spiro atoms. The number of rotatable bonds is 4. The molecule has 5 rings (SSSR count). The summed E-state index contributed by atoms with van der Waals surface area (Å²) in [4.78, 5) is 12.6. The van der Waals surface area contributed by atoms with E-state index in [1.807, 2.05) is 0 Å². The molecular formula is C20H22N2O5S. The molecule has 1 heterocycles. The Hall–Kier alpha value is -2.48. The summed E-state index contributed by atoms with van der Waals surface area (Å²) in [5.74, 6) is 0.208. The lowest BCUT2D eigenvalue weighted by Crippen LogP contribution is -2.19. The fourth-order valence-electron chi connectivity index (χ4n) is 5.45. The van der Waals surface area contributed by atoms with E-state index < -0.39 is 15.7 Å². The average molecular weight is 402 g/mol. The molecule has 1 amide bonds. The molecule has 2 bridgehead atoms. The van der Waals surface area contributed by atoms with Crippen molar-refractivity contribution in [3.8, 4) is 11.8 Å². The monoisotopic (exact) mass is 402 g/mol. The van der Waals surface area contributed by atoms with Crippen molar-refractivity contribution in [1.82, 2.24) is 4.57 Å². The second-order valence-corrected chi connectivity index (χ2v) is 10.3. The molecule has 3 N–H and O–H groups in total. The van der Waals surface area contributed by atoms with E-state index in [9.17, 15) is 23.4 Å². The van der Waals surface area contributed by atoms with Gasteiger partial charge in [-0.2, -0.15) is 0 Å². The van der Waals surface area contributed by atoms with Crippen molar-refractivity contribution in [2.24, 2.45) is 5.41 Å². The van der Waals surface area contributed by atoms with Crippen LogP contribution in [0.5, 0.6) is 11.8 Å². The summed E-state index contributed by atoms with van der Waals surface area (Å²) >= 11 is 0. The van der Waals surface area contributed by atoms with Gasteiger partial charge in [0, 0.05) is 23.1 Å². The number of hydrogen-bond acceptors (Lipinski definition) is 5. The summed E-state index contributed by atoms with van der Waals surface area (Å²) in [6.07, 6.45) is 5.50. The van der Waals surface area contributed by atoms with Crippen molar-refractivity contribution >= 4 is 21.4 Å². The zero-order valence-electron chi connectivity index (χ0n) is 15.5. The Morgan fingerprint density at radius 1 is 1.11 bits per heavy atom. The quantitative estimate of drug-likeness (QED) is 0.729. The van der Waals surface area contributed by atoms with Gasteiger partial charge in [-0.05, 0) is 67.2 Å². The highest BCUT2D eigenvalue weighted by molar-refractivity contribution is 7.90. The molecule has 2 saturated carbocycles. The minimum absolute atomic E-state index is 0.00792. The van der Waals surface area contributed by atoms with Gasteiger partial charge in [0.2, 0.25) is 5.91 Å². The van der Waals surface area contributed by atoms with Crippen LogP contribution >= 0.6 is 0 Å². The molecule has 28 heavy (non-hydrogen) atoms. The number of carbonyl (C=O) groups is 1. The Morgan fingerprint density at radius 2 is 1.64 bits per heavy atom. The van der Waals surface area contributed by atoms with E-state index in [0.717, 1.165) is 43.1 Å². The SMILES string of the molecule is CS(=O)(=O)c1ccc(NC(=O)Cn2c(O)c3c(c2O)C2CCC3C23CC3)cc1. The first-order valence-electron chi connectivity index (χ1n) is 9.46. The van der Waals surface area contributed by atoms with Crippen LogP contribution in [0.1, 0.15) is 48.6 Å². The number of sulfone groups is 1. The Labute approximate surface area is 162 Å². The standard InChI is InChI=1S/C20H22N2O5S/c1-28(26,27)12-4-2-11(3-5-12)21-15(23)10-22-18(24)16-13-6-7-14(17(16)19(22)25)20(13)8-9-20/h2-5,13-14,24-25H,6-10H2,1H3,(H,21,23). The number of aromatic nitrogens is 1. The molecule has 2 atom stereocenters. The van der Waals surface area contributed by atoms with Gasteiger partial charge < -0.3 is 15.5 Å². The van der Waals surface area contributed by atoms with Gasteiger partial charge in [0.1, 0.15) is 6.54 Å². The van der Waals surface area contributed by atoms with E-state index in [1.165, 1.54) is 28.8 Å². The van der Waals surface area contributed by atoms with Gasteiger partial charge in [0.25, 0.3) is 0 Å². The zero-order valence-corrected chi connectivity index (χ0v) is 16.3. The maximum atomic E-state index is 12.4. The zero-order chi connectivity index (χ0) is 19.8. The molecule has 3 aliphatic rings. The van der Waals surface area contributed by atoms with Crippen molar-refractivity contribution in [1.29, 1.82) is 0 Å². The highest BCUT2D eigenvalue weighted by Crippen LogP contribution is 2.78. The van der Waals surface area contributed by atoms with Crippen molar-refractivity contribution in [2.75, 3.05) is 11.6 Å². The van der Waals surface area contributed by atoms with Gasteiger partial charge in [-0.3, -0.25) is 9.36 Å². The molecule has 7 nitrogen and oxygen atoms in total. The lowest BCUT2D eigenvalue weighted by atomic mass is 9.91. The highest BCUT2D eigenvalue weighted by atomic mass is 32.2. The van der Waals surface area contributed by atoms with Gasteiger partial charge >= 0.3 is 0 Å². The van der Waals surface area contributed by atoms with Crippen molar-refractivity contribution in [2.45, 2.75) is 49.0 Å². The van der Waals surface area contributed by atoms with Gasteiger partial charge in [0.15, 0.2) is 21.6 Å². The number of hydrogen-bond donors (Lipinski definition) is 3. The average Bonchev–Trinajstić information content (AvgIpc) is 3.24. The first-order valence-corrected chi connectivity index (χ1v) is 11.4. The van der Waals surface area contributed by atoms with Gasteiger partial charge in [-0.25, -0.2) is 8.42 Å². The van der Waals surface area contributed by atoms with Crippen molar-refractivity contribution in [3.63, 3.8) is 0 Å². The molecule has 1 aromatic carbocycles. The lowest BCUT2D eigenvalue weighted by molar-refractivity contribution is -0.116. The third-order valence-electron chi connectivity index (χ3n) is 6.81. The van der Waals surface area contributed by atoms with Crippen LogP contribution in [0.4, 0.5) is 5.69 Å². The molecule has 2 unspecified atom stereocenters. The van der Waals surface area contributed by atoms with Crippen LogP contribution in [-0.4, -0.2) is 35.4 Å². The highest BCUT2D eigenvalue weighted by Gasteiger charge is 2.66. The molecule has 0 aliphatic heterocycles. The number of nitrogens with zero attached hydrogens (tertiary/aromatic N) is 1. The largest absolute Gasteiger partial charge is 0.494 e. The van der Waals surface area contributed by atoms with E-state index in [2.05, 4.69) is 5.32 Å². The molecule has 8 heteroatoms. The smallest absolute Gasteiger partial charge is 0.244 e. The Bertz CT molecular complexity index is 1060. The third-order valence-corrected chi connectivity index (χ3v) is 7.94. The Balaban J connectivity index is 1.36. The lowest BCUT2D eigenvalue weighted by Gasteiger charge is -2.16. The number of benzene rings is 1. The summed E-state index contributed by atoms with van der Waals surface area (Å²) < 4.78 is 24.3. The number of aromatic hydroxyl groups is 2. The minimum Gasteiger partial charge on any atom is -0.494 e. The first kappa shape index (κ1) is 17.6. The van der Waals surface area contributed by atoms with E-state index in [0.29, 0.717) is 17.5 Å². The normalized spacial score (nSPS) is 23.8. The number of nitrogens with one attached hydrogen (secondary N) is 1. The number of amides is 1. The second-order valence-electron chi connectivity index (χ2n) is 8.32. The van der Waals surface area contributed by atoms with Gasteiger partial charge in [-0.1, -0.05) is 0 Å². The van der Waals surface area contributed by atoms with Crippen LogP contribution in [0.3, 0.4) is 0 Å². The summed E-state index contributed by atoms with van der Waals surface area (Å²) in [6, 6.07) is 5.88. The van der Waals surface area contributed by atoms with E-state index in [1.54, 1.807) is 0 Å². The van der Waals surface area contributed by atoms with Crippen LogP contribution < -0.4 is 5.32 Å². The third kappa shape index (κ3) is 2.33. The fourth-order valence-corrected chi connectivity index (χ4v) is 6.08. The summed E-state index contributed by atoms with van der Waals surface area (Å²) in [7, 11) is -3.30. The minimum atomic E-state index is -3.30. The van der Waals surface area contributed by atoms with Gasteiger partial charge in [0.05, 0.1) is 4.90 Å². The summed E-state index contributed by atoms with van der Waals surface area (Å²) in [5.41, 5.74) is 2.39. The van der Waals surface area contributed by atoms with Crippen LogP contribution in [0, 0.1) is 5.41 Å². The van der Waals surface area contributed by atoms with Crippen LogP contribution in [0.2, 0.25) is 0 Å². The number of carbonyl (C=O) groups excluding carboxylic acids is 1. The number of anilines is 1. The van der Waals surface area contributed by atoms with Crippen LogP contribution in [0.15, 0.2) is 29.2 Å². The fraction of sp³-hybridized carbons (Fsp3) is 0.450. The summed E-state index contributed by atoms with van der Waals surface area (Å²) in [5, 5.41) is 24.1. The molecule has 3 aliphatic carbocycles. The van der Waals surface area contributed by atoms with Crippen molar-refractivity contribution in [3.05, 3.63) is 35.4 Å². The maximum absolute atomic E-state index is 12.4. The van der Waals surface area contributed by atoms with Crippen LogP contribution in [-0.2, 0) is 21.2 Å². The Kier molecular flexibility index (Phi) is 3.48. The molecule has 2 fully saturated rings. The molecule has 148 valence electrons. The summed E-state index contributed by atoms with van der Waals surface area (Å²) in [6.45, 7) is -0.203. The topological polar surface area (TPSA) is 109 Å². The first-order chi connectivity index (χ1) is 13.2. The molecule has 2 aromatic rings. The number of fused-ring (bicyclic) bond motifs is 3. The predicted octanol–water partition coefficient (Wildman–Crippen LogP) is 2.70. The maximum Gasteiger partial charge on any atom is 0.244 e. The predicted molar refractivity (Wildman–Crippen MR) is 102 cm³/mol. The molecular weight excluding hydrogens is 380 g/mol. The van der Waals surface area contributed by atoms with E-state index >= 15 is 0 Å². The van der Waals surface area contributed by atoms with E-state index in [4.69, 9.17) is 0 Å². The molecule has 0 saturated heterocycles. The molecule has 1 aromatic heterocycles. The van der Waals surface area contributed by atoms with Crippen molar-refractivity contribution < 1.29 is 23.4 Å². The van der Waals surface area contributed by atoms with Crippen LogP contribution in [0.25, 0.3) is 0 Å².